The number of hydrogen-bond donors (Lipinski definition) is 2. The Kier molecular flexibility index (Phi) is 8.99. The molecule has 1 aliphatic heterocycles. The Hall–Kier alpha value is -1.18. The lowest BCUT2D eigenvalue weighted by Gasteiger charge is -2.23. The number of nitrogens with zero attached hydrogens (tertiary/aromatic N) is 3. The predicted molar refractivity (Wildman–Crippen MR) is 107 cm³/mol. The third-order valence-electron chi connectivity index (χ3n) is 5.82. The third-order valence-corrected chi connectivity index (χ3v) is 5.82. The molecule has 3 rings (SSSR count). The van der Waals surface area contributed by atoms with Crippen molar-refractivity contribution >= 4 is 18.3 Å². The van der Waals surface area contributed by atoms with Gasteiger partial charge in [-0.25, -0.2) is 4.68 Å². The number of halogens is 1. The Bertz CT molecular complexity index is 583. The second-order valence-corrected chi connectivity index (χ2v) is 7.53. The van der Waals surface area contributed by atoms with E-state index in [1.54, 1.807) is 0 Å². The summed E-state index contributed by atoms with van der Waals surface area (Å²) in [6.45, 7) is 7.33. The van der Waals surface area contributed by atoms with Crippen molar-refractivity contribution in [1.82, 2.24) is 25.6 Å². The predicted octanol–water partition coefficient (Wildman–Crippen LogP) is 2.65. The summed E-state index contributed by atoms with van der Waals surface area (Å²) in [5.41, 5.74) is 1.32. The largest absolute Gasteiger partial charge is 0.378 e. The highest BCUT2D eigenvalue weighted by atomic mass is 35.5. The molecule has 1 aromatic rings. The summed E-state index contributed by atoms with van der Waals surface area (Å²) in [6, 6.07) is 0.343. The van der Waals surface area contributed by atoms with Crippen LogP contribution in [0.5, 0.6) is 0 Å². The van der Waals surface area contributed by atoms with Crippen molar-refractivity contribution in [2.75, 3.05) is 26.2 Å². The molecule has 1 amide bonds. The molecule has 0 aromatic carbocycles. The number of aromatic nitrogens is 3. The number of piperidine rings is 1. The minimum Gasteiger partial charge on any atom is -0.378 e. The van der Waals surface area contributed by atoms with E-state index >= 15 is 0 Å². The van der Waals surface area contributed by atoms with Crippen LogP contribution in [0.1, 0.15) is 74.1 Å². The second-order valence-electron chi connectivity index (χ2n) is 7.53. The molecule has 1 aromatic heterocycles. The molecular weight excluding hydrogens is 366 g/mol. The SMILES string of the molecule is CCOC(CCNC(=O)c1nnn(C2CCNCC2)c1C)C1CCCC1.Cl. The average Bonchev–Trinajstić information content (AvgIpc) is 3.31. The summed E-state index contributed by atoms with van der Waals surface area (Å²) in [4.78, 5) is 12.5. The minimum absolute atomic E-state index is 0. The quantitative estimate of drug-likeness (QED) is 0.702. The maximum Gasteiger partial charge on any atom is 0.273 e. The fraction of sp³-hybridized carbons (Fsp3) is 0.842. The van der Waals surface area contributed by atoms with Crippen LogP contribution in [-0.4, -0.2) is 53.2 Å². The summed E-state index contributed by atoms with van der Waals surface area (Å²) >= 11 is 0. The van der Waals surface area contributed by atoms with Crippen molar-refractivity contribution in [3.8, 4) is 0 Å². The third kappa shape index (κ3) is 5.65. The fourth-order valence-electron chi connectivity index (χ4n) is 4.36. The zero-order chi connectivity index (χ0) is 18.4. The van der Waals surface area contributed by atoms with Gasteiger partial charge in [0.25, 0.3) is 5.91 Å². The monoisotopic (exact) mass is 399 g/mol. The van der Waals surface area contributed by atoms with E-state index in [0.717, 1.165) is 44.7 Å². The molecule has 1 unspecified atom stereocenters. The molecular formula is C19H34ClN5O2. The standard InChI is InChI=1S/C19H33N5O2.ClH/c1-3-26-17(15-6-4-5-7-15)10-13-21-19(25)18-14(2)24(23-22-18)16-8-11-20-12-9-16;/h15-17,20H,3-13H2,1-2H3,(H,21,25);1H. The first-order valence-electron chi connectivity index (χ1n) is 10.2. The van der Waals surface area contributed by atoms with Gasteiger partial charge in [-0.2, -0.15) is 0 Å². The molecule has 27 heavy (non-hydrogen) atoms. The van der Waals surface area contributed by atoms with Gasteiger partial charge in [-0.15, -0.1) is 17.5 Å². The molecule has 2 heterocycles. The lowest BCUT2D eigenvalue weighted by Crippen LogP contribution is -2.32. The van der Waals surface area contributed by atoms with E-state index in [0.29, 0.717) is 24.2 Å². The van der Waals surface area contributed by atoms with E-state index in [1.165, 1.54) is 25.7 Å². The summed E-state index contributed by atoms with van der Waals surface area (Å²) in [5, 5.41) is 14.8. The molecule has 2 fully saturated rings. The lowest BCUT2D eigenvalue weighted by molar-refractivity contribution is 0.0163. The van der Waals surface area contributed by atoms with E-state index in [9.17, 15) is 4.79 Å². The topological polar surface area (TPSA) is 81.1 Å². The number of carbonyl (C=O) groups is 1. The van der Waals surface area contributed by atoms with Crippen LogP contribution in [0.15, 0.2) is 0 Å². The van der Waals surface area contributed by atoms with Gasteiger partial charge in [0, 0.05) is 13.2 Å². The van der Waals surface area contributed by atoms with Gasteiger partial charge in [0.2, 0.25) is 0 Å². The Balaban J connectivity index is 0.00000261. The van der Waals surface area contributed by atoms with Gasteiger partial charge in [0.1, 0.15) is 0 Å². The molecule has 7 nitrogen and oxygen atoms in total. The maximum absolute atomic E-state index is 12.5. The van der Waals surface area contributed by atoms with Crippen LogP contribution in [0, 0.1) is 12.8 Å². The lowest BCUT2D eigenvalue weighted by atomic mass is 9.98. The molecule has 2 aliphatic rings. The number of carbonyl (C=O) groups excluding carboxylic acids is 1. The number of hydrogen-bond acceptors (Lipinski definition) is 5. The normalized spacial score (nSPS) is 19.6. The molecule has 8 heteroatoms. The van der Waals surface area contributed by atoms with E-state index in [4.69, 9.17) is 4.74 Å². The van der Waals surface area contributed by atoms with Gasteiger partial charge in [-0.3, -0.25) is 4.79 Å². The highest BCUT2D eigenvalue weighted by Crippen LogP contribution is 2.30. The number of ether oxygens (including phenoxy) is 1. The van der Waals surface area contributed by atoms with Crippen molar-refractivity contribution in [3.05, 3.63) is 11.4 Å². The zero-order valence-electron chi connectivity index (χ0n) is 16.6. The Morgan fingerprint density at radius 3 is 2.67 bits per heavy atom. The summed E-state index contributed by atoms with van der Waals surface area (Å²) < 4.78 is 7.86. The van der Waals surface area contributed by atoms with Gasteiger partial charge in [0.15, 0.2) is 5.69 Å². The maximum atomic E-state index is 12.5. The van der Waals surface area contributed by atoms with Gasteiger partial charge >= 0.3 is 0 Å². The van der Waals surface area contributed by atoms with E-state index in [1.807, 2.05) is 18.5 Å². The van der Waals surface area contributed by atoms with Crippen LogP contribution in [-0.2, 0) is 4.74 Å². The fourth-order valence-corrected chi connectivity index (χ4v) is 4.36. The van der Waals surface area contributed by atoms with Crippen LogP contribution in [0.4, 0.5) is 0 Å². The smallest absolute Gasteiger partial charge is 0.273 e. The second kappa shape index (κ2) is 11.0. The van der Waals surface area contributed by atoms with Crippen molar-refractivity contribution in [1.29, 1.82) is 0 Å². The first-order valence-corrected chi connectivity index (χ1v) is 10.2. The van der Waals surface area contributed by atoms with E-state index < -0.39 is 0 Å². The molecule has 0 bridgehead atoms. The van der Waals surface area contributed by atoms with Crippen molar-refractivity contribution < 1.29 is 9.53 Å². The average molecular weight is 400 g/mol. The summed E-state index contributed by atoms with van der Waals surface area (Å²) in [6.07, 6.45) is 8.30. The number of nitrogens with one attached hydrogen (secondary N) is 2. The molecule has 2 N–H and O–H groups in total. The molecule has 0 spiro atoms. The Morgan fingerprint density at radius 1 is 1.30 bits per heavy atom. The first-order chi connectivity index (χ1) is 12.7. The number of amides is 1. The van der Waals surface area contributed by atoms with Crippen LogP contribution >= 0.6 is 12.4 Å². The van der Waals surface area contributed by atoms with Crippen LogP contribution in [0.25, 0.3) is 0 Å². The first kappa shape index (κ1) is 22.1. The van der Waals surface area contributed by atoms with Crippen LogP contribution < -0.4 is 10.6 Å². The van der Waals surface area contributed by atoms with E-state index in [-0.39, 0.29) is 24.4 Å². The van der Waals surface area contributed by atoms with Crippen LogP contribution in [0.3, 0.4) is 0 Å². The minimum atomic E-state index is -0.121. The van der Waals surface area contributed by atoms with Gasteiger partial charge in [0.05, 0.1) is 17.8 Å². The molecule has 0 radical (unpaired) electrons. The van der Waals surface area contributed by atoms with Crippen molar-refractivity contribution in [2.24, 2.45) is 5.92 Å². The van der Waals surface area contributed by atoms with Gasteiger partial charge in [-0.05, 0) is 65.0 Å². The molecule has 1 atom stereocenters. The zero-order valence-corrected chi connectivity index (χ0v) is 17.4. The molecule has 154 valence electrons. The summed E-state index contributed by atoms with van der Waals surface area (Å²) in [5.74, 6) is 0.527. The van der Waals surface area contributed by atoms with E-state index in [2.05, 4.69) is 20.9 Å². The van der Waals surface area contributed by atoms with Crippen molar-refractivity contribution in [2.45, 2.75) is 70.9 Å². The van der Waals surface area contributed by atoms with Crippen LogP contribution in [0.2, 0.25) is 0 Å². The summed E-state index contributed by atoms with van der Waals surface area (Å²) in [7, 11) is 0. The van der Waals surface area contributed by atoms with Gasteiger partial charge in [-0.1, -0.05) is 18.1 Å². The molecule has 1 aliphatic carbocycles. The molecule has 1 saturated carbocycles. The Labute approximate surface area is 168 Å². The highest BCUT2D eigenvalue weighted by Gasteiger charge is 2.26. The highest BCUT2D eigenvalue weighted by molar-refractivity contribution is 5.93. The Morgan fingerprint density at radius 2 is 2.00 bits per heavy atom. The molecule has 1 saturated heterocycles. The van der Waals surface area contributed by atoms with Crippen molar-refractivity contribution in [3.63, 3.8) is 0 Å². The van der Waals surface area contributed by atoms with Gasteiger partial charge < -0.3 is 15.4 Å². The number of rotatable bonds is 8.